The number of aryl methyl sites for hydroxylation is 1. The quantitative estimate of drug-likeness (QED) is 0.892. The molecule has 1 heterocycles. The molecule has 1 amide bonds. The van der Waals surface area contributed by atoms with Gasteiger partial charge in [-0.25, -0.2) is 4.68 Å². The highest BCUT2D eigenvalue weighted by molar-refractivity contribution is 5.92. The first kappa shape index (κ1) is 17.5. The van der Waals surface area contributed by atoms with E-state index in [1.54, 1.807) is 11.9 Å². The summed E-state index contributed by atoms with van der Waals surface area (Å²) in [4.78, 5) is 26.4. The van der Waals surface area contributed by atoms with Crippen molar-refractivity contribution < 1.29 is 9.90 Å². The summed E-state index contributed by atoms with van der Waals surface area (Å²) in [6.07, 6.45) is 3.51. The lowest BCUT2D eigenvalue weighted by Gasteiger charge is -2.31. The van der Waals surface area contributed by atoms with Crippen molar-refractivity contribution >= 4 is 5.91 Å². The van der Waals surface area contributed by atoms with E-state index in [0.29, 0.717) is 12.2 Å². The summed E-state index contributed by atoms with van der Waals surface area (Å²) < 4.78 is 1.37. The number of hydrogen-bond donors (Lipinski definition) is 2. The van der Waals surface area contributed by atoms with Gasteiger partial charge in [0.1, 0.15) is 5.69 Å². The summed E-state index contributed by atoms with van der Waals surface area (Å²) in [5.74, 6) is -0.130. The molecule has 0 aliphatic heterocycles. The van der Waals surface area contributed by atoms with E-state index in [4.69, 9.17) is 0 Å². The number of hydrogen-bond acceptors (Lipinski definition) is 3. The van der Waals surface area contributed by atoms with Crippen molar-refractivity contribution in [3.05, 3.63) is 51.9 Å². The van der Waals surface area contributed by atoms with E-state index >= 15 is 0 Å². The van der Waals surface area contributed by atoms with Crippen LogP contribution in [0.3, 0.4) is 0 Å². The minimum atomic E-state index is -0.347. The lowest BCUT2D eigenvalue weighted by atomic mass is 9.86. The lowest BCUT2D eigenvalue weighted by Crippen LogP contribution is -2.38. The zero-order valence-electron chi connectivity index (χ0n) is 14.7. The average molecular weight is 343 g/mol. The zero-order chi connectivity index (χ0) is 18.0. The largest absolute Gasteiger partial charge is 0.393 e. The van der Waals surface area contributed by atoms with Crippen LogP contribution in [-0.4, -0.2) is 45.4 Å². The predicted octanol–water partition coefficient (Wildman–Crippen LogP) is 2.10. The van der Waals surface area contributed by atoms with Crippen molar-refractivity contribution in [1.29, 1.82) is 0 Å². The van der Waals surface area contributed by atoms with Gasteiger partial charge in [0.05, 0.1) is 11.8 Å². The number of aliphatic hydroxyl groups is 1. The van der Waals surface area contributed by atoms with Gasteiger partial charge in [0.15, 0.2) is 0 Å². The third-order valence-electron chi connectivity index (χ3n) is 4.97. The first-order valence-corrected chi connectivity index (χ1v) is 8.78. The smallest absolute Gasteiger partial charge is 0.271 e. The van der Waals surface area contributed by atoms with Gasteiger partial charge in [0.25, 0.3) is 11.5 Å². The average Bonchev–Trinajstić information content (AvgIpc) is 2.98. The van der Waals surface area contributed by atoms with Gasteiger partial charge in [0, 0.05) is 25.6 Å². The van der Waals surface area contributed by atoms with Crippen LogP contribution in [0.2, 0.25) is 0 Å². The highest BCUT2D eigenvalue weighted by Gasteiger charge is 2.26. The Kier molecular flexibility index (Phi) is 5.08. The van der Waals surface area contributed by atoms with Crippen molar-refractivity contribution in [3.63, 3.8) is 0 Å². The maximum absolute atomic E-state index is 12.6. The molecule has 2 unspecified atom stereocenters. The van der Waals surface area contributed by atoms with Crippen LogP contribution < -0.4 is 5.56 Å². The van der Waals surface area contributed by atoms with Crippen LogP contribution in [0.15, 0.2) is 35.1 Å². The van der Waals surface area contributed by atoms with Gasteiger partial charge >= 0.3 is 0 Å². The Morgan fingerprint density at radius 2 is 1.96 bits per heavy atom. The van der Waals surface area contributed by atoms with Crippen molar-refractivity contribution in [3.8, 4) is 5.69 Å². The van der Waals surface area contributed by atoms with Gasteiger partial charge in [-0.2, -0.15) is 0 Å². The number of carbonyl (C=O) groups excluding carboxylic acids is 1. The normalized spacial score (nSPS) is 20.4. The van der Waals surface area contributed by atoms with E-state index in [1.807, 2.05) is 31.2 Å². The molecule has 0 saturated heterocycles. The monoisotopic (exact) mass is 343 g/mol. The summed E-state index contributed by atoms with van der Waals surface area (Å²) in [5, 5.41) is 13.0. The van der Waals surface area contributed by atoms with Crippen LogP contribution in [0.5, 0.6) is 0 Å². The Balaban J connectivity index is 1.75. The number of aliphatic hydroxyl groups excluding tert-OH is 1. The number of rotatable bonds is 4. The first-order valence-electron chi connectivity index (χ1n) is 8.78. The minimum Gasteiger partial charge on any atom is -0.393 e. The standard InChI is InChI=1S/C19H25N3O3/c1-13-7-9-15(10-8-13)22-18(24)11-16(20-22)19(25)21(2)12-14-5-3-4-6-17(14)23/h7-11,14,17,20,23H,3-6,12H2,1-2H3. The molecule has 1 saturated carbocycles. The molecule has 2 N–H and O–H groups in total. The molecular weight excluding hydrogens is 318 g/mol. The SMILES string of the molecule is Cc1ccc(-n2[nH]c(C(=O)N(C)CC3CCCCC3O)cc2=O)cc1. The molecule has 6 nitrogen and oxygen atoms in total. The summed E-state index contributed by atoms with van der Waals surface area (Å²) in [6, 6.07) is 8.84. The molecule has 0 spiro atoms. The van der Waals surface area contributed by atoms with Gasteiger partial charge in [0.2, 0.25) is 0 Å². The van der Waals surface area contributed by atoms with Crippen LogP contribution in [0.1, 0.15) is 41.7 Å². The highest BCUT2D eigenvalue weighted by atomic mass is 16.3. The third kappa shape index (κ3) is 3.85. The van der Waals surface area contributed by atoms with Gasteiger partial charge in [-0.15, -0.1) is 0 Å². The van der Waals surface area contributed by atoms with Crippen LogP contribution in [0.4, 0.5) is 0 Å². The van der Waals surface area contributed by atoms with E-state index in [1.165, 1.54) is 10.7 Å². The fourth-order valence-corrected chi connectivity index (χ4v) is 3.43. The Bertz CT molecular complexity index is 791. The van der Waals surface area contributed by atoms with E-state index in [0.717, 1.165) is 31.2 Å². The Morgan fingerprint density at radius 3 is 2.64 bits per heavy atom. The molecule has 134 valence electrons. The fraction of sp³-hybridized carbons (Fsp3) is 0.474. The van der Waals surface area contributed by atoms with Crippen molar-refractivity contribution in [2.45, 2.75) is 38.7 Å². The molecule has 3 rings (SSSR count). The van der Waals surface area contributed by atoms with E-state index < -0.39 is 0 Å². The molecule has 1 aliphatic rings. The first-order chi connectivity index (χ1) is 12.0. The van der Waals surface area contributed by atoms with Gasteiger partial charge in [-0.3, -0.25) is 14.7 Å². The van der Waals surface area contributed by atoms with Crippen LogP contribution in [0, 0.1) is 12.8 Å². The van der Waals surface area contributed by atoms with E-state index in [2.05, 4.69) is 5.10 Å². The summed E-state index contributed by atoms with van der Waals surface area (Å²) in [7, 11) is 1.71. The molecule has 2 aromatic rings. The van der Waals surface area contributed by atoms with Crippen molar-refractivity contribution in [2.75, 3.05) is 13.6 Å². The van der Waals surface area contributed by atoms with Gasteiger partial charge in [-0.1, -0.05) is 30.5 Å². The number of carbonyl (C=O) groups is 1. The van der Waals surface area contributed by atoms with Gasteiger partial charge < -0.3 is 10.0 Å². The molecule has 2 atom stereocenters. The fourth-order valence-electron chi connectivity index (χ4n) is 3.43. The number of amides is 1. The number of aromatic amines is 1. The second-order valence-corrected chi connectivity index (χ2v) is 6.98. The third-order valence-corrected chi connectivity index (χ3v) is 4.97. The molecule has 1 fully saturated rings. The van der Waals surface area contributed by atoms with Gasteiger partial charge in [-0.05, 0) is 31.9 Å². The Labute approximate surface area is 147 Å². The zero-order valence-corrected chi connectivity index (χ0v) is 14.7. The molecule has 25 heavy (non-hydrogen) atoms. The van der Waals surface area contributed by atoms with Crippen LogP contribution in [-0.2, 0) is 0 Å². The molecule has 1 aliphatic carbocycles. The number of aromatic nitrogens is 2. The Hall–Kier alpha value is -2.34. The van der Waals surface area contributed by atoms with Crippen molar-refractivity contribution in [1.82, 2.24) is 14.7 Å². The van der Waals surface area contributed by atoms with Crippen LogP contribution >= 0.6 is 0 Å². The van der Waals surface area contributed by atoms with E-state index in [9.17, 15) is 14.7 Å². The predicted molar refractivity (Wildman–Crippen MR) is 96.1 cm³/mol. The molecular formula is C19H25N3O3. The lowest BCUT2D eigenvalue weighted by molar-refractivity contribution is 0.0448. The summed E-state index contributed by atoms with van der Waals surface area (Å²) in [6.45, 7) is 2.47. The van der Waals surface area contributed by atoms with Crippen molar-refractivity contribution in [2.24, 2.45) is 5.92 Å². The molecule has 1 aromatic heterocycles. The number of H-pyrrole nitrogens is 1. The highest BCUT2D eigenvalue weighted by Crippen LogP contribution is 2.25. The summed E-state index contributed by atoms with van der Waals surface area (Å²) in [5.41, 5.74) is 1.79. The van der Waals surface area contributed by atoms with Crippen LogP contribution in [0.25, 0.3) is 5.69 Å². The number of nitrogens with one attached hydrogen (secondary N) is 1. The molecule has 6 heteroatoms. The molecule has 0 radical (unpaired) electrons. The topological polar surface area (TPSA) is 78.3 Å². The number of nitrogens with zero attached hydrogens (tertiary/aromatic N) is 2. The molecule has 0 bridgehead atoms. The Morgan fingerprint density at radius 1 is 1.28 bits per heavy atom. The maximum atomic E-state index is 12.6. The van der Waals surface area contributed by atoms with E-state index in [-0.39, 0.29) is 29.2 Å². The maximum Gasteiger partial charge on any atom is 0.271 e. The second-order valence-electron chi connectivity index (χ2n) is 6.98. The molecule has 1 aromatic carbocycles. The second kappa shape index (κ2) is 7.27. The minimum absolute atomic E-state index is 0.105. The summed E-state index contributed by atoms with van der Waals surface area (Å²) >= 11 is 0. The number of benzene rings is 1.